The van der Waals surface area contributed by atoms with Crippen molar-refractivity contribution >= 4 is 21.2 Å². The second-order valence-electron chi connectivity index (χ2n) is 8.22. The highest BCUT2D eigenvalue weighted by molar-refractivity contribution is 7.89. The van der Waals surface area contributed by atoms with E-state index < -0.39 is 10.0 Å². The van der Waals surface area contributed by atoms with Gasteiger partial charge < -0.3 is 8.98 Å². The molecule has 8 heteroatoms. The Kier molecular flexibility index (Phi) is 4.26. The van der Waals surface area contributed by atoms with E-state index in [1.165, 1.54) is 11.1 Å². The lowest BCUT2D eigenvalue weighted by atomic mass is 10.1. The van der Waals surface area contributed by atoms with Crippen molar-refractivity contribution in [3.8, 4) is 11.6 Å². The average molecular weight is 435 g/mol. The van der Waals surface area contributed by atoms with E-state index in [0.29, 0.717) is 36.0 Å². The van der Waals surface area contributed by atoms with Gasteiger partial charge in [-0.2, -0.15) is 4.31 Å². The number of nitrogens with zero attached hydrogens (tertiary/aromatic N) is 4. The monoisotopic (exact) mass is 434 g/mol. The van der Waals surface area contributed by atoms with Crippen LogP contribution in [0.15, 0.2) is 64.2 Å². The lowest BCUT2D eigenvalue weighted by Gasteiger charge is -2.19. The predicted molar refractivity (Wildman–Crippen MR) is 116 cm³/mol. The van der Waals surface area contributed by atoms with Gasteiger partial charge in [0.05, 0.1) is 17.2 Å². The molecule has 3 aromatic heterocycles. The first kappa shape index (κ1) is 18.8. The summed E-state index contributed by atoms with van der Waals surface area (Å²) in [6.07, 6.45) is 7.14. The first-order chi connectivity index (χ1) is 15.1. The van der Waals surface area contributed by atoms with Crippen LogP contribution < -0.4 is 0 Å². The van der Waals surface area contributed by atoms with Crippen molar-refractivity contribution in [1.29, 1.82) is 0 Å². The van der Waals surface area contributed by atoms with Crippen LogP contribution >= 0.6 is 0 Å². The van der Waals surface area contributed by atoms with E-state index in [4.69, 9.17) is 9.40 Å². The molecule has 1 aromatic carbocycles. The molecule has 0 unspecified atom stereocenters. The van der Waals surface area contributed by atoms with E-state index in [1.54, 1.807) is 22.8 Å². The van der Waals surface area contributed by atoms with Crippen LogP contribution in [0.1, 0.15) is 30.0 Å². The number of fused-ring (bicyclic) bond motifs is 2. The minimum Gasteiger partial charge on any atom is -0.461 e. The number of rotatable bonds is 4. The molecule has 1 aliphatic carbocycles. The Bertz CT molecular complexity index is 1380. The molecular weight excluding hydrogens is 412 g/mol. The fourth-order valence-electron chi connectivity index (χ4n) is 4.85. The van der Waals surface area contributed by atoms with Crippen molar-refractivity contribution < 1.29 is 12.8 Å². The molecule has 4 aromatic rings. The van der Waals surface area contributed by atoms with E-state index in [2.05, 4.69) is 4.98 Å². The van der Waals surface area contributed by atoms with Crippen LogP contribution in [-0.2, 0) is 22.9 Å². The van der Waals surface area contributed by atoms with Gasteiger partial charge in [0.2, 0.25) is 10.0 Å². The SMILES string of the molecule is O=S(=O)(c1ccc2c(c1)CCC2)N1CC[C@H](n2c(-c3ccco3)nc3cccnc32)C1. The van der Waals surface area contributed by atoms with Crippen LogP contribution in [0.3, 0.4) is 0 Å². The Balaban J connectivity index is 1.36. The summed E-state index contributed by atoms with van der Waals surface area (Å²) in [6.45, 7) is 0.851. The summed E-state index contributed by atoms with van der Waals surface area (Å²) in [6, 6.07) is 13.0. The van der Waals surface area contributed by atoms with Gasteiger partial charge in [0.1, 0.15) is 5.52 Å². The van der Waals surface area contributed by atoms with E-state index in [0.717, 1.165) is 30.4 Å². The molecule has 1 fully saturated rings. The molecule has 1 atom stereocenters. The fraction of sp³-hybridized carbons (Fsp3) is 0.304. The van der Waals surface area contributed by atoms with Crippen molar-refractivity contribution in [1.82, 2.24) is 18.8 Å². The minimum absolute atomic E-state index is 0.0656. The van der Waals surface area contributed by atoms with Gasteiger partial charge in [-0.3, -0.25) is 0 Å². The average Bonchev–Trinajstić information content (AvgIpc) is 3.58. The molecule has 6 rings (SSSR count). The molecule has 4 heterocycles. The maximum Gasteiger partial charge on any atom is 0.243 e. The van der Waals surface area contributed by atoms with Gasteiger partial charge in [-0.15, -0.1) is 0 Å². The minimum atomic E-state index is -3.55. The Labute approximate surface area is 180 Å². The number of sulfonamides is 1. The largest absolute Gasteiger partial charge is 0.461 e. The number of imidazole rings is 1. The van der Waals surface area contributed by atoms with Crippen LogP contribution in [-0.4, -0.2) is 40.3 Å². The van der Waals surface area contributed by atoms with Crippen LogP contribution in [0.4, 0.5) is 0 Å². The van der Waals surface area contributed by atoms with Crippen molar-refractivity contribution in [2.75, 3.05) is 13.1 Å². The molecule has 1 saturated heterocycles. The van der Waals surface area contributed by atoms with E-state index in [9.17, 15) is 8.42 Å². The Hall–Kier alpha value is -2.97. The number of benzene rings is 1. The van der Waals surface area contributed by atoms with Gasteiger partial charge in [0.25, 0.3) is 0 Å². The molecule has 0 amide bonds. The number of furan rings is 1. The topological polar surface area (TPSA) is 81.2 Å². The van der Waals surface area contributed by atoms with E-state index in [-0.39, 0.29) is 6.04 Å². The third kappa shape index (κ3) is 3.01. The first-order valence-corrected chi connectivity index (χ1v) is 12.0. The number of hydrogen-bond acceptors (Lipinski definition) is 5. The maximum absolute atomic E-state index is 13.4. The molecule has 0 bridgehead atoms. The zero-order chi connectivity index (χ0) is 21.0. The van der Waals surface area contributed by atoms with Crippen molar-refractivity contribution in [3.63, 3.8) is 0 Å². The third-order valence-corrected chi connectivity index (χ3v) is 8.25. The Morgan fingerprint density at radius 1 is 1.06 bits per heavy atom. The molecule has 0 saturated carbocycles. The van der Waals surface area contributed by atoms with E-state index >= 15 is 0 Å². The van der Waals surface area contributed by atoms with Crippen LogP contribution in [0.5, 0.6) is 0 Å². The molecule has 2 aliphatic rings. The third-order valence-electron chi connectivity index (χ3n) is 6.39. The zero-order valence-corrected chi connectivity index (χ0v) is 17.8. The maximum atomic E-state index is 13.4. The number of hydrogen-bond donors (Lipinski definition) is 0. The van der Waals surface area contributed by atoms with Gasteiger partial charge in [-0.1, -0.05) is 6.07 Å². The van der Waals surface area contributed by atoms with Crippen molar-refractivity contribution in [2.24, 2.45) is 0 Å². The second kappa shape index (κ2) is 7.03. The quantitative estimate of drug-likeness (QED) is 0.488. The first-order valence-electron chi connectivity index (χ1n) is 10.6. The predicted octanol–water partition coefficient (Wildman–Crippen LogP) is 3.82. The summed E-state index contributed by atoms with van der Waals surface area (Å²) in [4.78, 5) is 9.65. The summed E-state index contributed by atoms with van der Waals surface area (Å²) in [7, 11) is -3.55. The van der Waals surface area contributed by atoms with Crippen LogP contribution in [0.25, 0.3) is 22.7 Å². The lowest BCUT2D eigenvalue weighted by molar-refractivity contribution is 0.453. The molecule has 158 valence electrons. The van der Waals surface area contributed by atoms with E-state index in [1.807, 2.05) is 41.0 Å². The number of aryl methyl sites for hydroxylation is 2. The van der Waals surface area contributed by atoms with Crippen LogP contribution in [0.2, 0.25) is 0 Å². The number of pyridine rings is 1. The van der Waals surface area contributed by atoms with Gasteiger partial charge >= 0.3 is 0 Å². The summed E-state index contributed by atoms with van der Waals surface area (Å²) in [5.74, 6) is 1.33. The Morgan fingerprint density at radius 3 is 2.84 bits per heavy atom. The number of aromatic nitrogens is 3. The molecule has 0 radical (unpaired) electrons. The molecular formula is C23H22N4O3S. The standard InChI is InChI=1S/C23H22N4O3S/c28-31(29,19-9-8-16-4-1-5-17(16)14-19)26-12-10-18(15-26)27-22-20(6-2-11-24-22)25-23(27)21-7-3-13-30-21/h2-3,6-9,11,13-14,18H,1,4-5,10,12,15H2/t18-/m0/s1. The summed E-state index contributed by atoms with van der Waals surface area (Å²) in [5.41, 5.74) is 3.96. The molecule has 1 aliphatic heterocycles. The molecule has 0 N–H and O–H groups in total. The highest BCUT2D eigenvalue weighted by Crippen LogP contribution is 2.35. The summed E-state index contributed by atoms with van der Waals surface area (Å²) in [5, 5.41) is 0. The lowest BCUT2D eigenvalue weighted by Crippen LogP contribution is -2.29. The van der Waals surface area contributed by atoms with Crippen molar-refractivity contribution in [2.45, 2.75) is 36.6 Å². The van der Waals surface area contributed by atoms with Gasteiger partial charge in [0.15, 0.2) is 17.2 Å². The smallest absolute Gasteiger partial charge is 0.243 e. The molecule has 7 nitrogen and oxygen atoms in total. The summed E-state index contributed by atoms with van der Waals surface area (Å²) < 4.78 is 36.0. The molecule has 0 spiro atoms. The molecule has 31 heavy (non-hydrogen) atoms. The van der Waals surface area contributed by atoms with Crippen molar-refractivity contribution in [3.05, 3.63) is 66.1 Å². The summed E-state index contributed by atoms with van der Waals surface area (Å²) >= 11 is 0. The fourth-order valence-corrected chi connectivity index (χ4v) is 6.40. The van der Waals surface area contributed by atoms with Gasteiger partial charge in [0, 0.05) is 19.3 Å². The zero-order valence-electron chi connectivity index (χ0n) is 16.9. The Morgan fingerprint density at radius 2 is 1.97 bits per heavy atom. The second-order valence-corrected chi connectivity index (χ2v) is 10.2. The van der Waals surface area contributed by atoms with Crippen LogP contribution in [0, 0.1) is 0 Å². The van der Waals surface area contributed by atoms with Gasteiger partial charge in [-0.25, -0.2) is 18.4 Å². The normalized spacial score (nSPS) is 19.3. The highest BCUT2D eigenvalue weighted by atomic mass is 32.2. The highest BCUT2D eigenvalue weighted by Gasteiger charge is 2.36. The van der Waals surface area contributed by atoms with Gasteiger partial charge in [-0.05, 0) is 73.2 Å².